The molecule has 7 nitrogen and oxygen atoms in total. The van der Waals surface area contributed by atoms with E-state index in [1.54, 1.807) is 23.5 Å². The predicted molar refractivity (Wildman–Crippen MR) is 107 cm³/mol. The fraction of sp³-hybridized carbons (Fsp3) is 0.500. The summed E-state index contributed by atoms with van der Waals surface area (Å²) in [5.41, 5.74) is 6.96. The molecule has 0 spiro atoms. The van der Waals surface area contributed by atoms with Crippen molar-refractivity contribution in [3.05, 3.63) is 24.3 Å². The molecule has 2 amide bonds. The lowest BCUT2D eigenvalue weighted by Crippen LogP contribution is -2.50. The van der Waals surface area contributed by atoms with Crippen molar-refractivity contribution in [2.75, 3.05) is 11.1 Å². The van der Waals surface area contributed by atoms with Crippen LogP contribution in [0, 0.1) is 5.92 Å². The van der Waals surface area contributed by atoms with Gasteiger partial charge in [-0.2, -0.15) is 0 Å². The van der Waals surface area contributed by atoms with Crippen LogP contribution in [0.3, 0.4) is 0 Å². The fourth-order valence-corrected chi connectivity index (χ4v) is 6.32. The average Bonchev–Trinajstić information content (AvgIpc) is 3.34. The number of hydrazine groups is 1. The highest BCUT2D eigenvalue weighted by atomic mass is 32.2. The van der Waals surface area contributed by atoms with Crippen molar-refractivity contribution in [1.29, 1.82) is 0 Å². The van der Waals surface area contributed by atoms with Gasteiger partial charge in [0, 0.05) is 10.6 Å². The molecule has 3 heterocycles. The van der Waals surface area contributed by atoms with E-state index in [0.717, 1.165) is 22.8 Å². The molecule has 0 bridgehead atoms. The Hall–Kier alpha value is -1.07. The number of anilines is 1. The van der Waals surface area contributed by atoms with E-state index in [1.165, 1.54) is 11.8 Å². The minimum absolute atomic E-state index is 0.0171. The first-order valence-electron chi connectivity index (χ1n) is 8.51. The zero-order valence-electron chi connectivity index (χ0n) is 14.2. The summed E-state index contributed by atoms with van der Waals surface area (Å²) in [5.74, 6) is 0.564. The van der Waals surface area contributed by atoms with E-state index in [-0.39, 0.29) is 39.4 Å². The maximum atomic E-state index is 12.7. The Kier molecular flexibility index (Phi) is 5.55. The van der Waals surface area contributed by atoms with Crippen LogP contribution in [0.1, 0.15) is 13.3 Å². The Labute approximate surface area is 164 Å². The van der Waals surface area contributed by atoms with Gasteiger partial charge in [0.25, 0.3) is 5.91 Å². The minimum Gasteiger partial charge on any atom is -0.364 e. The Balaban J connectivity index is 1.32. The van der Waals surface area contributed by atoms with Crippen molar-refractivity contribution in [2.45, 2.75) is 39.9 Å². The van der Waals surface area contributed by atoms with Gasteiger partial charge < -0.3 is 16.0 Å². The summed E-state index contributed by atoms with van der Waals surface area (Å²) in [6.07, 6.45) is 0.771. The summed E-state index contributed by atoms with van der Waals surface area (Å²) in [6, 6.07) is 7.88. The number of hydrogen-bond donors (Lipinski definition) is 5. The average molecular weight is 412 g/mol. The number of carbonyl (C=O) groups excluding carboxylic acids is 2. The Bertz CT molecular complexity index is 681. The van der Waals surface area contributed by atoms with Gasteiger partial charge in [0.05, 0.1) is 16.7 Å². The van der Waals surface area contributed by atoms with Crippen molar-refractivity contribution in [1.82, 2.24) is 21.5 Å². The van der Waals surface area contributed by atoms with Crippen LogP contribution in [0.15, 0.2) is 29.2 Å². The smallest absolute Gasteiger partial charge is 0.254 e. The summed E-state index contributed by atoms with van der Waals surface area (Å²) in [7, 11) is 0. The Morgan fingerprint density at radius 2 is 2.00 bits per heavy atom. The van der Waals surface area contributed by atoms with Crippen molar-refractivity contribution < 1.29 is 9.59 Å². The largest absolute Gasteiger partial charge is 0.364 e. The summed E-state index contributed by atoms with van der Waals surface area (Å²) < 4.78 is 0. The summed E-state index contributed by atoms with van der Waals surface area (Å²) in [5, 5.41) is 9.00. The SMILES string of the molecule is CC1NNC(NC(=O)C2CCSC2NC(=O)C2Nc3ccccc3S2)S1. The number of thioether (sulfide) groups is 3. The first-order chi connectivity index (χ1) is 12.6. The molecule has 1 aromatic rings. The van der Waals surface area contributed by atoms with Gasteiger partial charge in [-0.25, -0.2) is 10.9 Å². The van der Waals surface area contributed by atoms with Crippen LogP contribution in [-0.4, -0.2) is 39.2 Å². The van der Waals surface area contributed by atoms with Crippen LogP contribution in [0.4, 0.5) is 5.69 Å². The molecule has 0 radical (unpaired) electrons. The van der Waals surface area contributed by atoms with E-state index >= 15 is 0 Å². The van der Waals surface area contributed by atoms with Gasteiger partial charge in [0.1, 0.15) is 5.50 Å². The maximum absolute atomic E-state index is 12.7. The third-order valence-corrected chi connectivity index (χ3v) is 7.89. The van der Waals surface area contributed by atoms with Crippen LogP contribution in [0.25, 0.3) is 0 Å². The predicted octanol–water partition coefficient (Wildman–Crippen LogP) is 1.31. The second-order valence-electron chi connectivity index (χ2n) is 6.29. The van der Waals surface area contributed by atoms with Crippen LogP contribution in [0.5, 0.6) is 0 Å². The molecule has 0 aliphatic carbocycles. The van der Waals surface area contributed by atoms with Gasteiger partial charge in [0.15, 0.2) is 5.37 Å². The highest BCUT2D eigenvalue weighted by Gasteiger charge is 2.38. The second kappa shape index (κ2) is 7.89. The fourth-order valence-electron chi connectivity index (χ4n) is 3.09. The van der Waals surface area contributed by atoms with Crippen molar-refractivity contribution in [2.24, 2.45) is 5.92 Å². The molecule has 2 fully saturated rings. The molecule has 5 atom stereocenters. The third kappa shape index (κ3) is 3.94. The van der Waals surface area contributed by atoms with Crippen LogP contribution in [-0.2, 0) is 9.59 Å². The lowest BCUT2D eigenvalue weighted by Gasteiger charge is -2.22. The molecular weight excluding hydrogens is 390 g/mol. The van der Waals surface area contributed by atoms with E-state index in [0.29, 0.717) is 0 Å². The monoisotopic (exact) mass is 411 g/mol. The lowest BCUT2D eigenvalue weighted by atomic mass is 10.1. The van der Waals surface area contributed by atoms with E-state index < -0.39 is 0 Å². The van der Waals surface area contributed by atoms with E-state index in [9.17, 15) is 9.59 Å². The van der Waals surface area contributed by atoms with Gasteiger partial charge in [-0.15, -0.1) is 23.5 Å². The molecule has 1 aromatic carbocycles. The molecule has 5 unspecified atom stereocenters. The number of carbonyl (C=O) groups is 2. The van der Waals surface area contributed by atoms with Gasteiger partial charge in [-0.1, -0.05) is 23.9 Å². The Morgan fingerprint density at radius 3 is 2.77 bits per heavy atom. The number of rotatable bonds is 4. The molecule has 2 saturated heterocycles. The number of fused-ring (bicyclic) bond motifs is 1. The summed E-state index contributed by atoms with van der Waals surface area (Å²) in [4.78, 5) is 26.4. The van der Waals surface area contributed by atoms with E-state index in [1.807, 2.05) is 31.2 Å². The number of hydrogen-bond acceptors (Lipinski definition) is 8. The maximum Gasteiger partial charge on any atom is 0.254 e. The van der Waals surface area contributed by atoms with Gasteiger partial charge in [-0.05, 0) is 31.2 Å². The topological polar surface area (TPSA) is 94.3 Å². The summed E-state index contributed by atoms with van der Waals surface area (Å²) in [6.45, 7) is 2.03. The molecular formula is C16H21N5O2S3. The van der Waals surface area contributed by atoms with Gasteiger partial charge >= 0.3 is 0 Å². The quantitative estimate of drug-likeness (QED) is 0.506. The molecule has 3 aliphatic rings. The van der Waals surface area contributed by atoms with Crippen molar-refractivity contribution >= 4 is 52.8 Å². The second-order valence-corrected chi connectivity index (χ2v) is 10.1. The zero-order valence-corrected chi connectivity index (χ0v) is 16.6. The van der Waals surface area contributed by atoms with Crippen LogP contribution < -0.4 is 26.8 Å². The third-order valence-electron chi connectivity index (χ3n) is 4.40. The van der Waals surface area contributed by atoms with Gasteiger partial charge in [-0.3, -0.25) is 9.59 Å². The van der Waals surface area contributed by atoms with E-state index in [2.05, 4.69) is 26.8 Å². The van der Waals surface area contributed by atoms with E-state index in [4.69, 9.17) is 0 Å². The number of benzene rings is 1. The standard InChI is InChI=1S/C16H21N5O2S3/c1-8-20-21-16(25-8)19-12(22)9-6-7-24-14(9)18-13(23)15-17-10-4-2-3-5-11(10)26-15/h2-5,8-9,14-17,20-21H,6-7H2,1H3,(H,18,23)(H,19,22). The molecule has 10 heteroatoms. The molecule has 0 saturated carbocycles. The van der Waals surface area contributed by atoms with Crippen molar-refractivity contribution in [3.63, 3.8) is 0 Å². The lowest BCUT2D eigenvalue weighted by molar-refractivity contribution is -0.126. The number of para-hydroxylation sites is 1. The highest BCUT2D eigenvalue weighted by Crippen LogP contribution is 2.38. The molecule has 140 valence electrons. The molecule has 5 N–H and O–H groups in total. The summed E-state index contributed by atoms with van der Waals surface area (Å²) >= 11 is 4.76. The highest BCUT2D eigenvalue weighted by molar-refractivity contribution is 8.01. The number of amides is 2. The first-order valence-corrected chi connectivity index (χ1v) is 11.4. The van der Waals surface area contributed by atoms with Gasteiger partial charge in [0.2, 0.25) is 5.91 Å². The molecule has 4 rings (SSSR count). The van der Waals surface area contributed by atoms with Crippen molar-refractivity contribution in [3.8, 4) is 0 Å². The number of nitrogens with one attached hydrogen (secondary N) is 5. The minimum atomic E-state index is -0.352. The molecule has 3 aliphatic heterocycles. The van der Waals surface area contributed by atoms with Crippen LogP contribution >= 0.6 is 35.3 Å². The Morgan fingerprint density at radius 1 is 1.15 bits per heavy atom. The molecule has 26 heavy (non-hydrogen) atoms. The van der Waals surface area contributed by atoms with Crippen LogP contribution in [0.2, 0.25) is 0 Å². The first kappa shape index (κ1) is 18.3. The normalized spacial score (nSPS) is 32.7. The zero-order chi connectivity index (χ0) is 18.1. The molecule has 0 aromatic heterocycles.